The minimum atomic E-state index is -1.12. The SMILES string of the molecule is CCCCCCCCCC(CCC(C)Cl)NN(C1=NN(c2c(Cl)cc(Cl)cc2Cl)C(=O)C1N=Nc1ccc(OC)cc1)c1ccccc1. The molecule has 48 heavy (non-hydrogen) atoms. The molecule has 1 aliphatic rings. The van der Waals surface area contributed by atoms with Crippen LogP contribution in [0.15, 0.2) is 82.1 Å². The molecule has 0 spiro atoms. The van der Waals surface area contributed by atoms with E-state index in [2.05, 4.69) is 22.6 Å². The molecule has 0 bridgehead atoms. The van der Waals surface area contributed by atoms with Crippen LogP contribution < -0.4 is 20.2 Å². The van der Waals surface area contributed by atoms with Crippen LogP contribution in [-0.2, 0) is 4.79 Å². The molecule has 258 valence electrons. The summed E-state index contributed by atoms with van der Waals surface area (Å²) in [7, 11) is 1.60. The fourth-order valence-electron chi connectivity index (χ4n) is 5.46. The van der Waals surface area contributed by atoms with E-state index in [0.717, 1.165) is 37.8 Å². The Kier molecular flexibility index (Phi) is 15.3. The maximum absolute atomic E-state index is 14.2. The van der Waals surface area contributed by atoms with Crippen molar-refractivity contribution in [2.45, 2.75) is 95.5 Å². The van der Waals surface area contributed by atoms with Crippen molar-refractivity contribution in [2.24, 2.45) is 15.3 Å². The second kappa shape index (κ2) is 19.3. The highest BCUT2D eigenvalue weighted by molar-refractivity contribution is 6.43. The Bertz CT molecular complexity index is 1500. The van der Waals surface area contributed by atoms with Gasteiger partial charge in [0, 0.05) is 16.4 Å². The molecule has 12 heteroatoms. The van der Waals surface area contributed by atoms with E-state index in [0.29, 0.717) is 22.3 Å². The molecule has 1 heterocycles. The van der Waals surface area contributed by atoms with Gasteiger partial charge < -0.3 is 4.74 Å². The summed E-state index contributed by atoms with van der Waals surface area (Å²) >= 11 is 25.8. The fraction of sp³-hybridized carbons (Fsp3) is 0.444. The highest BCUT2D eigenvalue weighted by atomic mass is 35.5. The number of nitrogens with zero attached hydrogens (tertiary/aromatic N) is 5. The van der Waals surface area contributed by atoms with Crippen LogP contribution in [0.3, 0.4) is 0 Å². The number of amides is 1. The highest BCUT2D eigenvalue weighted by Gasteiger charge is 2.42. The number of methoxy groups -OCH3 is 1. The third kappa shape index (κ3) is 10.8. The summed E-state index contributed by atoms with van der Waals surface area (Å²) in [6.07, 6.45) is 11.1. The van der Waals surface area contributed by atoms with E-state index >= 15 is 0 Å². The van der Waals surface area contributed by atoms with Crippen molar-refractivity contribution >= 4 is 75.2 Å². The Morgan fingerprint density at radius 1 is 0.917 bits per heavy atom. The Labute approximate surface area is 304 Å². The zero-order valence-electron chi connectivity index (χ0n) is 27.7. The van der Waals surface area contributed by atoms with Gasteiger partial charge in [-0.3, -0.25) is 9.80 Å². The van der Waals surface area contributed by atoms with Gasteiger partial charge in [0.2, 0.25) is 6.04 Å². The number of carbonyl (C=O) groups excluding carboxylic acids is 1. The summed E-state index contributed by atoms with van der Waals surface area (Å²) in [4.78, 5) is 14.2. The number of alkyl halides is 1. The average molecular weight is 735 g/mol. The van der Waals surface area contributed by atoms with E-state index in [-0.39, 0.29) is 27.2 Å². The number of unbranched alkanes of at least 4 members (excludes halogenated alkanes) is 6. The number of para-hydroxylation sites is 1. The standard InChI is InChI=1S/C36H44Cl4N6O2/c1-4-5-6-7-8-9-11-14-28(18-17-25(2)37)43-45(29-15-12-10-13-16-29)35-33(42-41-27-19-21-30(48-3)22-20-27)36(47)46(44-35)34-31(39)23-26(38)24-32(34)40/h10,12-13,15-16,19-25,28,33,43H,4-9,11,14,17-18H2,1-3H3. The third-order valence-corrected chi connectivity index (χ3v) is 9.08. The van der Waals surface area contributed by atoms with Gasteiger partial charge in [-0.1, -0.05) is 105 Å². The molecule has 0 aromatic heterocycles. The lowest BCUT2D eigenvalue weighted by Crippen LogP contribution is -2.52. The number of hydrazine groups is 1. The maximum Gasteiger partial charge on any atom is 0.282 e. The van der Waals surface area contributed by atoms with Crippen molar-refractivity contribution < 1.29 is 9.53 Å². The molecule has 0 saturated carbocycles. The van der Waals surface area contributed by atoms with Crippen LogP contribution in [0, 0.1) is 0 Å². The van der Waals surface area contributed by atoms with Crippen LogP contribution in [0.1, 0.15) is 78.1 Å². The molecule has 0 fully saturated rings. The van der Waals surface area contributed by atoms with Gasteiger partial charge in [-0.15, -0.1) is 16.7 Å². The Morgan fingerprint density at radius 2 is 1.56 bits per heavy atom. The van der Waals surface area contributed by atoms with Gasteiger partial charge in [-0.05, 0) is 74.7 Å². The van der Waals surface area contributed by atoms with Crippen LogP contribution in [-0.4, -0.2) is 36.3 Å². The van der Waals surface area contributed by atoms with Crippen molar-refractivity contribution in [2.75, 3.05) is 17.1 Å². The molecule has 1 N–H and O–H groups in total. The molecular weight excluding hydrogens is 690 g/mol. The molecule has 8 nitrogen and oxygen atoms in total. The lowest BCUT2D eigenvalue weighted by atomic mass is 10.0. The second-order valence-electron chi connectivity index (χ2n) is 11.9. The average Bonchev–Trinajstić information content (AvgIpc) is 3.38. The summed E-state index contributed by atoms with van der Waals surface area (Å²) in [5, 5.41) is 17.6. The molecule has 3 aromatic rings. The van der Waals surface area contributed by atoms with Gasteiger partial charge in [0.05, 0.1) is 28.5 Å². The zero-order valence-corrected chi connectivity index (χ0v) is 30.7. The minimum Gasteiger partial charge on any atom is -0.497 e. The molecule has 0 saturated heterocycles. The van der Waals surface area contributed by atoms with Crippen LogP contribution in [0.25, 0.3) is 0 Å². The lowest BCUT2D eigenvalue weighted by Gasteiger charge is -2.31. The first-order chi connectivity index (χ1) is 23.2. The van der Waals surface area contributed by atoms with Crippen molar-refractivity contribution in [1.29, 1.82) is 0 Å². The fourth-order valence-corrected chi connectivity index (χ4v) is 6.56. The number of benzene rings is 3. The normalized spacial score (nSPS) is 16.0. The first kappa shape index (κ1) is 37.9. The third-order valence-electron chi connectivity index (χ3n) is 8.07. The van der Waals surface area contributed by atoms with E-state index in [1.165, 1.54) is 49.2 Å². The smallest absolute Gasteiger partial charge is 0.282 e. The van der Waals surface area contributed by atoms with E-state index in [9.17, 15) is 4.79 Å². The van der Waals surface area contributed by atoms with Gasteiger partial charge in [0.25, 0.3) is 5.91 Å². The summed E-state index contributed by atoms with van der Waals surface area (Å²) in [6, 6.07) is 18.8. The van der Waals surface area contributed by atoms with E-state index < -0.39 is 11.9 Å². The van der Waals surface area contributed by atoms with Crippen LogP contribution >= 0.6 is 46.4 Å². The Morgan fingerprint density at radius 3 is 2.19 bits per heavy atom. The quantitative estimate of drug-likeness (QED) is 0.0610. The lowest BCUT2D eigenvalue weighted by molar-refractivity contribution is -0.117. The molecule has 3 atom stereocenters. The molecule has 3 unspecified atom stereocenters. The minimum absolute atomic E-state index is 0.0228. The maximum atomic E-state index is 14.2. The Balaban J connectivity index is 1.71. The molecule has 3 aromatic carbocycles. The Hall–Kier alpha value is -2.88. The summed E-state index contributed by atoms with van der Waals surface area (Å²) < 4.78 is 5.27. The number of anilines is 2. The number of hydrogen-bond acceptors (Lipinski definition) is 7. The van der Waals surface area contributed by atoms with Gasteiger partial charge in [0.15, 0.2) is 5.84 Å². The first-order valence-electron chi connectivity index (χ1n) is 16.6. The number of amidine groups is 1. The molecule has 0 radical (unpaired) electrons. The van der Waals surface area contributed by atoms with Crippen LogP contribution in [0.4, 0.5) is 17.1 Å². The molecule has 4 rings (SSSR count). The van der Waals surface area contributed by atoms with Crippen LogP contribution in [0.2, 0.25) is 15.1 Å². The zero-order chi connectivity index (χ0) is 34.5. The highest BCUT2D eigenvalue weighted by Crippen LogP contribution is 2.39. The van der Waals surface area contributed by atoms with E-state index in [4.69, 9.17) is 56.2 Å². The van der Waals surface area contributed by atoms with Gasteiger partial charge in [-0.25, -0.2) is 5.43 Å². The monoisotopic (exact) mass is 732 g/mol. The number of carbonyl (C=O) groups is 1. The van der Waals surface area contributed by atoms with Gasteiger partial charge in [-0.2, -0.15) is 15.2 Å². The number of azo groups is 1. The summed E-state index contributed by atoms with van der Waals surface area (Å²) in [5.74, 6) is 0.548. The largest absolute Gasteiger partial charge is 0.497 e. The van der Waals surface area contributed by atoms with Crippen molar-refractivity contribution in [3.63, 3.8) is 0 Å². The predicted octanol–water partition coefficient (Wildman–Crippen LogP) is 11.4. The summed E-state index contributed by atoms with van der Waals surface area (Å²) in [6.45, 7) is 4.24. The van der Waals surface area contributed by atoms with Crippen LogP contribution in [0.5, 0.6) is 5.75 Å². The molecule has 0 aliphatic carbocycles. The molecule has 1 aliphatic heterocycles. The number of nitrogens with one attached hydrogen (secondary N) is 1. The van der Waals surface area contributed by atoms with Gasteiger partial charge in [0.1, 0.15) is 11.4 Å². The van der Waals surface area contributed by atoms with Crippen molar-refractivity contribution in [1.82, 2.24) is 5.43 Å². The first-order valence-corrected chi connectivity index (χ1v) is 18.2. The molecule has 1 amide bonds. The second-order valence-corrected chi connectivity index (χ2v) is 13.9. The van der Waals surface area contributed by atoms with Crippen molar-refractivity contribution in [3.05, 3.63) is 81.8 Å². The van der Waals surface area contributed by atoms with E-state index in [1.807, 2.05) is 42.3 Å². The number of hydrogen-bond donors (Lipinski definition) is 1. The predicted molar refractivity (Wildman–Crippen MR) is 201 cm³/mol. The van der Waals surface area contributed by atoms with E-state index in [1.54, 1.807) is 31.4 Å². The number of ether oxygens (including phenoxy) is 1. The van der Waals surface area contributed by atoms with Crippen molar-refractivity contribution in [3.8, 4) is 5.75 Å². The molecular formula is C36H44Cl4N6O2. The topological polar surface area (TPSA) is 81.9 Å². The number of hydrazone groups is 1. The number of halogens is 4. The summed E-state index contributed by atoms with van der Waals surface area (Å²) in [5.41, 5.74) is 5.27. The van der Waals surface area contributed by atoms with Gasteiger partial charge >= 0.3 is 0 Å². The number of rotatable bonds is 18.